The number of hydrogen-bond donors (Lipinski definition) is 4. The number of carboxylic acid groups (broad SMARTS) is 1. The Bertz CT molecular complexity index is 319. The van der Waals surface area contributed by atoms with Crippen LogP contribution in [0.25, 0.3) is 0 Å². The molecule has 0 saturated heterocycles. The predicted molar refractivity (Wildman–Crippen MR) is 63.0 cm³/mol. The van der Waals surface area contributed by atoms with E-state index in [2.05, 4.69) is 10.6 Å². The molecule has 2 atom stereocenters. The molecule has 4 N–H and O–H groups in total. The number of carbonyl (C=O) groups excluding carboxylic acids is 2. The Balaban J connectivity index is 4.29. The predicted octanol–water partition coefficient (Wildman–Crippen LogP) is -1.40. The Morgan fingerprint density at radius 2 is 1.89 bits per heavy atom. The lowest BCUT2D eigenvalue weighted by Crippen LogP contribution is -2.51. The summed E-state index contributed by atoms with van der Waals surface area (Å²) in [4.78, 5) is 34.5. The van der Waals surface area contributed by atoms with E-state index in [-0.39, 0.29) is 18.9 Å². The number of aliphatic hydroxyl groups excluding tert-OH is 1. The highest BCUT2D eigenvalue weighted by atomic mass is 16.4. The summed E-state index contributed by atoms with van der Waals surface area (Å²) in [5, 5.41) is 22.5. The zero-order chi connectivity index (χ0) is 14.3. The fourth-order valence-corrected chi connectivity index (χ4v) is 1.13. The molecule has 0 aromatic carbocycles. The normalized spacial score (nSPS) is 13.3. The molecular weight excluding hydrogens is 242 g/mol. The SMILES string of the molecule is CNC(=O)CCN(C)C(=O)N[C@H](C(=O)O)[C@@H](C)O. The monoisotopic (exact) mass is 261 g/mol. The van der Waals surface area contributed by atoms with Crippen molar-refractivity contribution in [3.05, 3.63) is 0 Å². The third-order valence-corrected chi connectivity index (χ3v) is 2.33. The molecular formula is C10H19N3O5. The molecule has 0 aliphatic rings. The molecule has 18 heavy (non-hydrogen) atoms. The van der Waals surface area contributed by atoms with E-state index in [0.717, 1.165) is 0 Å². The summed E-state index contributed by atoms with van der Waals surface area (Å²) in [7, 11) is 2.91. The zero-order valence-corrected chi connectivity index (χ0v) is 10.6. The van der Waals surface area contributed by atoms with Gasteiger partial charge in [0.1, 0.15) is 0 Å². The molecule has 8 nitrogen and oxygen atoms in total. The van der Waals surface area contributed by atoms with Crippen molar-refractivity contribution in [2.24, 2.45) is 0 Å². The minimum Gasteiger partial charge on any atom is -0.480 e. The second kappa shape index (κ2) is 7.49. The first kappa shape index (κ1) is 16.2. The quantitative estimate of drug-likeness (QED) is 0.469. The van der Waals surface area contributed by atoms with Crippen LogP contribution in [0.5, 0.6) is 0 Å². The number of carboxylic acids is 1. The molecule has 8 heteroatoms. The van der Waals surface area contributed by atoms with Gasteiger partial charge in [0.25, 0.3) is 0 Å². The highest BCUT2D eigenvalue weighted by Gasteiger charge is 2.26. The lowest BCUT2D eigenvalue weighted by Gasteiger charge is -2.22. The van der Waals surface area contributed by atoms with E-state index in [9.17, 15) is 19.5 Å². The minimum absolute atomic E-state index is 0.118. The summed E-state index contributed by atoms with van der Waals surface area (Å²) in [5.74, 6) is -1.54. The molecule has 0 spiro atoms. The van der Waals surface area contributed by atoms with Crippen molar-refractivity contribution in [3.8, 4) is 0 Å². The van der Waals surface area contributed by atoms with Crippen LogP contribution in [0.15, 0.2) is 0 Å². The van der Waals surface area contributed by atoms with Crippen molar-refractivity contribution in [2.75, 3.05) is 20.6 Å². The van der Waals surface area contributed by atoms with Gasteiger partial charge in [-0.25, -0.2) is 9.59 Å². The minimum atomic E-state index is -1.38. The van der Waals surface area contributed by atoms with E-state index in [0.29, 0.717) is 0 Å². The Kier molecular flexibility index (Phi) is 6.73. The standard InChI is InChI=1S/C10H19N3O5/c1-6(14)8(9(16)17)12-10(18)13(3)5-4-7(15)11-2/h6,8,14H,4-5H2,1-3H3,(H,11,15)(H,12,18)(H,16,17)/t6-,8+/m1/s1. The molecule has 3 amide bonds. The van der Waals surface area contributed by atoms with Gasteiger partial charge in [-0.3, -0.25) is 4.79 Å². The van der Waals surface area contributed by atoms with Gasteiger partial charge >= 0.3 is 12.0 Å². The third-order valence-electron chi connectivity index (χ3n) is 2.33. The number of hydrogen-bond acceptors (Lipinski definition) is 4. The van der Waals surface area contributed by atoms with Crippen LogP contribution in [0.2, 0.25) is 0 Å². The maximum atomic E-state index is 11.6. The maximum Gasteiger partial charge on any atom is 0.328 e. The van der Waals surface area contributed by atoms with Crippen molar-refractivity contribution in [1.29, 1.82) is 0 Å². The van der Waals surface area contributed by atoms with Crippen LogP contribution in [0.4, 0.5) is 4.79 Å². The van der Waals surface area contributed by atoms with Crippen molar-refractivity contribution in [2.45, 2.75) is 25.5 Å². The first-order valence-corrected chi connectivity index (χ1v) is 5.42. The topological polar surface area (TPSA) is 119 Å². The molecule has 104 valence electrons. The first-order chi connectivity index (χ1) is 8.29. The number of carbonyl (C=O) groups is 3. The fourth-order valence-electron chi connectivity index (χ4n) is 1.13. The maximum absolute atomic E-state index is 11.6. The Hall–Kier alpha value is -1.83. The van der Waals surface area contributed by atoms with Gasteiger partial charge in [0, 0.05) is 27.1 Å². The fraction of sp³-hybridized carbons (Fsp3) is 0.700. The van der Waals surface area contributed by atoms with Gasteiger partial charge in [-0.05, 0) is 6.92 Å². The summed E-state index contributed by atoms with van der Waals surface area (Å²) < 4.78 is 0. The van der Waals surface area contributed by atoms with Crippen LogP contribution in [0, 0.1) is 0 Å². The Labute approximate surface area is 105 Å². The van der Waals surface area contributed by atoms with Gasteiger partial charge < -0.3 is 25.7 Å². The molecule has 0 aliphatic heterocycles. The van der Waals surface area contributed by atoms with Crippen LogP contribution < -0.4 is 10.6 Å². The van der Waals surface area contributed by atoms with E-state index >= 15 is 0 Å². The molecule has 0 aromatic heterocycles. The van der Waals surface area contributed by atoms with Crippen LogP contribution in [0.1, 0.15) is 13.3 Å². The van der Waals surface area contributed by atoms with Crippen LogP contribution in [-0.4, -0.2) is 65.8 Å². The van der Waals surface area contributed by atoms with E-state index in [4.69, 9.17) is 5.11 Å². The third kappa shape index (κ3) is 5.48. The Morgan fingerprint density at radius 1 is 1.33 bits per heavy atom. The van der Waals surface area contributed by atoms with Crippen molar-refractivity contribution in [3.63, 3.8) is 0 Å². The van der Waals surface area contributed by atoms with Gasteiger partial charge in [0.15, 0.2) is 6.04 Å². The van der Waals surface area contributed by atoms with E-state index < -0.39 is 24.1 Å². The van der Waals surface area contributed by atoms with Crippen molar-refractivity contribution in [1.82, 2.24) is 15.5 Å². The average molecular weight is 261 g/mol. The molecule has 0 fully saturated rings. The van der Waals surface area contributed by atoms with Crippen molar-refractivity contribution >= 4 is 17.9 Å². The first-order valence-electron chi connectivity index (χ1n) is 5.42. The second-order valence-corrected chi connectivity index (χ2v) is 3.85. The molecule has 0 unspecified atom stereocenters. The summed E-state index contributed by atoms with van der Waals surface area (Å²) in [6, 6.07) is -2.04. The molecule has 0 bridgehead atoms. The van der Waals surface area contributed by atoms with Gasteiger partial charge in [-0.2, -0.15) is 0 Å². The highest BCUT2D eigenvalue weighted by Crippen LogP contribution is 1.96. The number of aliphatic hydroxyl groups is 1. The number of aliphatic carboxylic acids is 1. The smallest absolute Gasteiger partial charge is 0.328 e. The van der Waals surface area contributed by atoms with E-state index in [1.165, 1.54) is 25.9 Å². The largest absolute Gasteiger partial charge is 0.480 e. The molecule has 0 aromatic rings. The van der Waals surface area contributed by atoms with Crippen LogP contribution in [-0.2, 0) is 9.59 Å². The number of nitrogens with zero attached hydrogens (tertiary/aromatic N) is 1. The average Bonchev–Trinajstić information content (AvgIpc) is 2.30. The molecule has 0 aliphatic carbocycles. The van der Waals surface area contributed by atoms with E-state index in [1.54, 1.807) is 0 Å². The number of urea groups is 1. The lowest BCUT2D eigenvalue weighted by atomic mass is 10.2. The van der Waals surface area contributed by atoms with Gasteiger partial charge in [0.05, 0.1) is 6.10 Å². The molecule has 0 rings (SSSR count). The summed E-state index contributed by atoms with van der Waals surface area (Å²) in [5.41, 5.74) is 0. The van der Waals surface area contributed by atoms with Crippen LogP contribution >= 0.6 is 0 Å². The zero-order valence-electron chi connectivity index (χ0n) is 10.6. The lowest BCUT2D eigenvalue weighted by molar-refractivity contribution is -0.141. The number of rotatable bonds is 6. The Morgan fingerprint density at radius 3 is 2.28 bits per heavy atom. The van der Waals surface area contributed by atoms with E-state index in [1.807, 2.05) is 0 Å². The van der Waals surface area contributed by atoms with Crippen LogP contribution in [0.3, 0.4) is 0 Å². The van der Waals surface area contributed by atoms with Crippen molar-refractivity contribution < 1.29 is 24.6 Å². The van der Waals surface area contributed by atoms with Gasteiger partial charge in [0.2, 0.25) is 5.91 Å². The van der Waals surface area contributed by atoms with Gasteiger partial charge in [-0.1, -0.05) is 0 Å². The second-order valence-electron chi connectivity index (χ2n) is 3.85. The molecule has 0 saturated carbocycles. The molecule has 0 radical (unpaired) electrons. The number of amides is 3. The summed E-state index contributed by atoms with van der Waals surface area (Å²) >= 11 is 0. The summed E-state index contributed by atoms with van der Waals surface area (Å²) in [6.07, 6.45) is -1.09. The summed E-state index contributed by atoms with van der Waals surface area (Å²) in [6.45, 7) is 1.42. The van der Waals surface area contributed by atoms with Gasteiger partial charge in [-0.15, -0.1) is 0 Å². The molecule has 0 heterocycles. The highest BCUT2D eigenvalue weighted by molar-refractivity contribution is 5.83. The number of nitrogens with one attached hydrogen (secondary N) is 2.